The molecule has 0 N–H and O–H groups in total. The van der Waals surface area contributed by atoms with Gasteiger partial charge >= 0.3 is 0 Å². The van der Waals surface area contributed by atoms with Crippen molar-refractivity contribution >= 4 is 17.8 Å². The van der Waals surface area contributed by atoms with E-state index in [1.807, 2.05) is 24.3 Å². The van der Waals surface area contributed by atoms with Crippen LogP contribution in [-0.2, 0) is 5.41 Å². The van der Waals surface area contributed by atoms with Gasteiger partial charge in [-0.3, -0.25) is 0 Å². The van der Waals surface area contributed by atoms with Gasteiger partial charge in [0.25, 0.3) is 0 Å². The number of nitriles is 1. The maximum atomic E-state index is 8.70. The maximum absolute atomic E-state index is 8.70. The fourth-order valence-electron chi connectivity index (χ4n) is 4.03. The first-order valence-corrected chi connectivity index (χ1v) is 8.41. The molecular weight excluding hydrogens is 308 g/mol. The van der Waals surface area contributed by atoms with Gasteiger partial charge in [-0.1, -0.05) is 24.3 Å². The average Bonchev–Trinajstić information content (AvgIpc) is 2.79. The van der Waals surface area contributed by atoms with E-state index in [1.165, 1.54) is 17.3 Å². The van der Waals surface area contributed by atoms with Crippen molar-refractivity contribution in [3.8, 4) is 11.8 Å². The number of para-hydroxylation sites is 1. The second-order valence-electron chi connectivity index (χ2n) is 7.09. The molecule has 0 aliphatic carbocycles. The summed E-state index contributed by atoms with van der Waals surface area (Å²) in [4.78, 5) is 2.23. The Bertz CT molecular complexity index is 949. The Labute approximate surface area is 148 Å². The van der Waals surface area contributed by atoms with Crippen LogP contribution in [0, 0.1) is 11.3 Å². The van der Waals surface area contributed by atoms with Crippen LogP contribution in [0.2, 0.25) is 0 Å². The van der Waals surface area contributed by atoms with Crippen molar-refractivity contribution in [2.75, 3.05) is 11.9 Å². The minimum absolute atomic E-state index is 0.189. The van der Waals surface area contributed by atoms with E-state index in [0.717, 1.165) is 16.9 Å². The van der Waals surface area contributed by atoms with Gasteiger partial charge in [-0.15, -0.1) is 0 Å². The third-order valence-electron chi connectivity index (χ3n) is 5.47. The van der Waals surface area contributed by atoms with Gasteiger partial charge in [-0.05, 0) is 61.4 Å². The molecule has 1 unspecified atom stereocenters. The van der Waals surface area contributed by atoms with Crippen LogP contribution in [-0.4, -0.2) is 12.8 Å². The molecule has 1 spiro atoms. The second kappa shape index (κ2) is 5.26. The molecule has 4 rings (SSSR count). The van der Waals surface area contributed by atoms with Crippen LogP contribution < -0.4 is 9.64 Å². The minimum Gasteiger partial charge on any atom is -0.463 e. The predicted molar refractivity (Wildman–Crippen MR) is 101 cm³/mol. The number of rotatable bonds is 1. The number of ether oxygens (including phenoxy) is 1. The van der Waals surface area contributed by atoms with Gasteiger partial charge in [0.15, 0.2) is 0 Å². The molecule has 25 heavy (non-hydrogen) atoms. The number of hydrogen-bond acceptors (Lipinski definition) is 3. The lowest BCUT2D eigenvalue weighted by atomic mass is 9.76. The SMILES string of the molecule is CN1c2ccccc2C(C)(C)C12C=Cc1cc(/C=C\C#N)ccc1O2. The molecule has 124 valence electrons. The lowest BCUT2D eigenvalue weighted by Gasteiger charge is -2.45. The average molecular weight is 328 g/mol. The monoisotopic (exact) mass is 328 g/mol. The van der Waals surface area contributed by atoms with E-state index >= 15 is 0 Å². The molecule has 2 aliphatic heterocycles. The number of nitrogens with zero attached hydrogens (tertiary/aromatic N) is 2. The maximum Gasteiger partial charge on any atom is 0.211 e. The lowest BCUT2D eigenvalue weighted by Crippen LogP contribution is -2.58. The fraction of sp³-hybridized carbons (Fsp3) is 0.227. The van der Waals surface area contributed by atoms with Gasteiger partial charge in [-0.25, -0.2) is 0 Å². The van der Waals surface area contributed by atoms with E-state index < -0.39 is 5.72 Å². The van der Waals surface area contributed by atoms with Crippen LogP contribution in [0.25, 0.3) is 12.2 Å². The highest BCUT2D eigenvalue weighted by molar-refractivity contribution is 5.73. The molecule has 0 radical (unpaired) electrons. The zero-order valence-corrected chi connectivity index (χ0v) is 14.7. The van der Waals surface area contributed by atoms with Crippen molar-refractivity contribution < 1.29 is 4.74 Å². The van der Waals surface area contributed by atoms with Gasteiger partial charge in [0, 0.05) is 24.4 Å². The van der Waals surface area contributed by atoms with E-state index in [-0.39, 0.29) is 5.41 Å². The van der Waals surface area contributed by atoms with Crippen molar-refractivity contribution in [3.05, 3.63) is 71.3 Å². The number of benzene rings is 2. The summed E-state index contributed by atoms with van der Waals surface area (Å²) >= 11 is 0. The third-order valence-corrected chi connectivity index (χ3v) is 5.47. The van der Waals surface area contributed by atoms with Gasteiger partial charge < -0.3 is 9.64 Å². The Hall–Kier alpha value is -2.99. The topological polar surface area (TPSA) is 36.3 Å². The molecule has 2 heterocycles. The molecule has 0 saturated heterocycles. The summed E-state index contributed by atoms with van der Waals surface area (Å²) in [5, 5.41) is 8.70. The quantitative estimate of drug-likeness (QED) is 0.709. The zero-order chi connectivity index (χ0) is 17.7. The van der Waals surface area contributed by atoms with Crippen LogP contribution in [0.3, 0.4) is 0 Å². The Morgan fingerprint density at radius 2 is 1.96 bits per heavy atom. The van der Waals surface area contributed by atoms with E-state index in [2.05, 4.69) is 62.2 Å². The molecule has 2 aliphatic rings. The summed E-state index contributed by atoms with van der Waals surface area (Å²) in [6.45, 7) is 4.46. The molecule has 1 atom stereocenters. The van der Waals surface area contributed by atoms with Crippen LogP contribution in [0.1, 0.15) is 30.5 Å². The van der Waals surface area contributed by atoms with Crippen LogP contribution in [0.15, 0.2) is 54.6 Å². The standard InChI is InChI=1S/C22H20N2O/c1-21(2)18-8-4-5-9-19(18)24(3)22(21)13-12-17-15-16(7-6-14-23)10-11-20(17)25-22/h4-13,15H,1-3H3/b7-6-. The largest absolute Gasteiger partial charge is 0.463 e. The number of allylic oxidation sites excluding steroid dienone is 1. The predicted octanol–water partition coefficient (Wildman–Crippen LogP) is 4.75. The molecule has 0 saturated carbocycles. The van der Waals surface area contributed by atoms with Crippen LogP contribution >= 0.6 is 0 Å². The summed E-state index contributed by atoms with van der Waals surface area (Å²) in [7, 11) is 2.09. The number of hydrogen-bond donors (Lipinski definition) is 0. The van der Waals surface area contributed by atoms with Crippen molar-refractivity contribution in [1.82, 2.24) is 0 Å². The molecule has 0 amide bonds. The lowest BCUT2D eigenvalue weighted by molar-refractivity contribution is 0.0582. The molecule has 2 aromatic rings. The van der Waals surface area contributed by atoms with Gasteiger partial charge in [0.05, 0.1) is 11.5 Å². The molecule has 0 aromatic heterocycles. The molecule has 3 nitrogen and oxygen atoms in total. The summed E-state index contributed by atoms with van der Waals surface area (Å²) in [5.41, 5.74) is 3.78. The Morgan fingerprint density at radius 1 is 1.16 bits per heavy atom. The minimum atomic E-state index is -0.548. The highest BCUT2D eigenvalue weighted by atomic mass is 16.5. The number of likely N-dealkylation sites (N-methyl/N-ethyl adjacent to an activating group) is 1. The third kappa shape index (κ3) is 2.04. The Balaban J connectivity index is 1.79. The first-order valence-electron chi connectivity index (χ1n) is 8.41. The number of anilines is 1. The van der Waals surface area contributed by atoms with E-state index in [9.17, 15) is 0 Å². The summed E-state index contributed by atoms with van der Waals surface area (Å²) in [6.07, 6.45) is 7.58. The van der Waals surface area contributed by atoms with Gasteiger partial charge in [-0.2, -0.15) is 5.26 Å². The zero-order valence-electron chi connectivity index (χ0n) is 14.7. The summed E-state index contributed by atoms with van der Waals surface area (Å²) in [5.74, 6) is 0.865. The fourth-order valence-corrected chi connectivity index (χ4v) is 4.03. The van der Waals surface area contributed by atoms with E-state index in [4.69, 9.17) is 10.00 Å². The summed E-state index contributed by atoms with van der Waals surface area (Å²) < 4.78 is 6.60. The van der Waals surface area contributed by atoms with Crippen LogP contribution in [0.5, 0.6) is 5.75 Å². The van der Waals surface area contributed by atoms with Crippen molar-refractivity contribution in [3.63, 3.8) is 0 Å². The van der Waals surface area contributed by atoms with E-state index in [0.29, 0.717) is 0 Å². The molecule has 0 bridgehead atoms. The van der Waals surface area contributed by atoms with Gasteiger partial charge in [0.1, 0.15) is 5.75 Å². The Morgan fingerprint density at radius 3 is 2.72 bits per heavy atom. The highest BCUT2D eigenvalue weighted by Gasteiger charge is 2.57. The van der Waals surface area contributed by atoms with Crippen molar-refractivity contribution in [2.24, 2.45) is 0 Å². The highest BCUT2D eigenvalue weighted by Crippen LogP contribution is 2.54. The van der Waals surface area contributed by atoms with Crippen LogP contribution in [0.4, 0.5) is 5.69 Å². The molecule has 3 heteroatoms. The van der Waals surface area contributed by atoms with Crippen molar-refractivity contribution in [1.29, 1.82) is 5.26 Å². The summed E-state index contributed by atoms with van der Waals surface area (Å²) in [6, 6.07) is 16.5. The Kier molecular flexibility index (Phi) is 3.27. The second-order valence-corrected chi connectivity index (χ2v) is 7.09. The molecular formula is C22H20N2O. The van der Waals surface area contributed by atoms with Crippen molar-refractivity contribution in [2.45, 2.75) is 25.0 Å². The normalized spacial score (nSPS) is 22.6. The van der Waals surface area contributed by atoms with E-state index in [1.54, 1.807) is 6.08 Å². The number of fused-ring (bicyclic) bond motifs is 2. The molecule has 2 aromatic carbocycles. The first-order chi connectivity index (χ1) is 12.0. The first kappa shape index (κ1) is 15.5. The van der Waals surface area contributed by atoms with Gasteiger partial charge in [0.2, 0.25) is 5.72 Å². The smallest absolute Gasteiger partial charge is 0.211 e. The molecule has 0 fully saturated rings.